The average Bonchev–Trinajstić information content (AvgIpc) is 2.99. The fourth-order valence-electron chi connectivity index (χ4n) is 4.63. The van der Waals surface area contributed by atoms with Gasteiger partial charge in [-0.15, -0.1) is 0 Å². The number of likely N-dealkylation sites (N-methyl/N-ethyl adjacent to an activating group) is 1. The number of hydrogen-bond donors (Lipinski definition) is 1. The second-order valence-electron chi connectivity index (χ2n) is 11.3. The average molecular weight is 589 g/mol. The van der Waals surface area contributed by atoms with Crippen molar-refractivity contribution in [3.8, 4) is 11.1 Å². The molecule has 0 aliphatic carbocycles. The van der Waals surface area contributed by atoms with E-state index < -0.39 is 11.7 Å². The summed E-state index contributed by atoms with van der Waals surface area (Å²) in [4.78, 5) is 51.6. The monoisotopic (exact) mass is 588 g/mol. The van der Waals surface area contributed by atoms with E-state index in [0.717, 1.165) is 48.6 Å². The Kier molecular flexibility index (Phi) is 10.2. The fourth-order valence-corrected chi connectivity index (χ4v) is 4.63. The van der Waals surface area contributed by atoms with E-state index >= 15 is 0 Å². The lowest BCUT2D eigenvalue weighted by atomic mass is 10.1. The third-order valence-corrected chi connectivity index (χ3v) is 6.83. The van der Waals surface area contributed by atoms with Gasteiger partial charge in [-0.25, -0.2) is 19.6 Å². The number of anilines is 2. The molecule has 1 aliphatic rings. The molecule has 2 heterocycles. The van der Waals surface area contributed by atoms with Crippen LogP contribution in [0.1, 0.15) is 43.6 Å². The van der Waals surface area contributed by atoms with E-state index in [0.29, 0.717) is 24.7 Å². The summed E-state index contributed by atoms with van der Waals surface area (Å²) >= 11 is 0. The van der Waals surface area contributed by atoms with E-state index in [2.05, 4.69) is 25.1 Å². The molecule has 0 radical (unpaired) electrons. The zero-order valence-corrected chi connectivity index (χ0v) is 25.5. The molecule has 11 heteroatoms. The maximum atomic E-state index is 12.5. The summed E-state index contributed by atoms with van der Waals surface area (Å²) in [7, 11) is 1.70. The summed E-state index contributed by atoms with van der Waals surface area (Å²) in [5, 5.41) is 2.50. The molecule has 2 amide bonds. The van der Waals surface area contributed by atoms with E-state index in [1.54, 1.807) is 51.8 Å². The van der Waals surface area contributed by atoms with Gasteiger partial charge in [0.15, 0.2) is 0 Å². The number of rotatable bonds is 9. The summed E-state index contributed by atoms with van der Waals surface area (Å²) < 4.78 is 10.3. The number of benzene rings is 2. The first-order chi connectivity index (χ1) is 20.5. The summed E-state index contributed by atoms with van der Waals surface area (Å²) in [6, 6.07) is 15.4. The van der Waals surface area contributed by atoms with Crippen LogP contribution in [0.15, 0.2) is 60.9 Å². The van der Waals surface area contributed by atoms with E-state index in [-0.39, 0.29) is 18.4 Å². The van der Waals surface area contributed by atoms with Gasteiger partial charge in [-0.05, 0) is 69.2 Å². The number of nitrogens with zero attached hydrogens (tertiary/aromatic N) is 5. The van der Waals surface area contributed by atoms with Gasteiger partial charge in [0.1, 0.15) is 12.1 Å². The largest absolute Gasteiger partial charge is 0.462 e. The minimum Gasteiger partial charge on any atom is -0.462 e. The van der Waals surface area contributed by atoms with Gasteiger partial charge in [0, 0.05) is 63.4 Å². The Morgan fingerprint density at radius 2 is 1.58 bits per heavy atom. The van der Waals surface area contributed by atoms with Crippen molar-refractivity contribution in [3.63, 3.8) is 0 Å². The van der Waals surface area contributed by atoms with E-state index in [1.807, 2.05) is 48.8 Å². The summed E-state index contributed by atoms with van der Waals surface area (Å²) in [6.07, 6.45) is 3.02. The molecule has 0 atom stereocenters. The van der Waals surface area contributed by atoms with Crippen LogP contribution in [0.25, 0.3) is 11.1 Å². The normalized spacial score (nSPS) is 13.3. The molecule has 3 aromatic rings. The van der Waals surface area contributed by atoms with Gasteiger partial charge in [-0.2, -0.15) is 0 Å². The van der Waals surface area contributed by atoms with Crippen molar-refractivity contribution in [2.45, 2.75) is 39.8 Å². The maximum absolute atomic E-state index is 12.5. The first-order valence-corrected chi connectivity index (χ1v) is 14.4. The highest BCUT2D eigenvalue weighted by Crippen LogP contribution is 2.23. The highest BCUT2D eigenvalue weighted by atomic mass is 16.6. The molecular weight excluding hydrogens is 548 g/mol. The molecule has 1 fully saturated rings. The second kappa shape index (κ2) is 14.0. The SMILES string of the molecule is CCOC(=O)c1ccc(N2CCN(c3ncc(-c4cccc(CN(C)C(=O)CNC(=O)OC(C)(C)C)c4)cn3)CC2)cc1. The van der Waals surface area contributed by atoms with Crippen molar-refractivity contribution >= 4 is 29.6 Å². The lowest BCUT2D eigenvalue weighted by Gasteiger charge is -2.36. The zero-order valence-electron chi connectivity index (χ0n) is 25.5. The number of esters is 1. The highest BCUT2D eigenvalue weighted by molar-refractivity contribution is 5.89. The summed E-state index contributed by atoms with van der Waals surface area (Å²) in [5.41, 5.74) is 3.77. The van der Waals surface area contributed by atoms with Crippen LogP contribution in [-0.2, 0) is 20.8 Å². The molecule has 1 aromatic heterocycles. The third-order valence-electron chi connectivity index (χ3n) is 6.83. The van der Waals surface area contributed by atoms with Crippen LogP contribution in [0, 0.1) is 0 Å². The number of carbonyl (C=O) groups is 3. The van der Waals surface area contributed by atoms with Gasteiger partial charge < -0.3 is 29.5 Å². The number of nitrogens with one attached hydrogen (secondary N) is 1. The predicted molar refractivity (Wildman–Crippen MR) is 165 cm³/mol. The molecule has 1 saturated heterocycles. The standard InChI is InChI=1S/C32H40N6O5/c1-6-42-29(40)24-10-12-27(13-11-24)37-14-16-38(17-15-37)30-33-19-26(20-34-30)25-9-7-8-23(18-25)22-36(5)28(39)21-35-31(41)43-32(2,3)4/h7-13,18-20H,6,14-17,21-22H2,1-5H3,(H,35,41). The van der Waals surface area contributed by atoms with Crippen molar-refractivity contribution in [1.82, 2.24) is 20.2 Å². The van der Waals surface area contributed by atoms with Crippen LogP contribution in [0.3, 0.4) is 0 Å². The summed E-state index contributed by atoms with van der Waals surface area (Å²) in [6.45, 7) is 10.9. The molecule has 0 spiro atoms. The molecule has 0 saturated carbocycles. The van der Waals surface area contributed by atoms with Crippen LogP contribution in [0.4, 0.5) is 16.4 Å². The van der Waals surface area contributed by atoms with Crippen molar-refractivity contribution in [3.05, 3.63) is 72.1 Å². The van der Waals surface area contributed by atoms with Crippen LogP contribution < -0.4 is 15.1 Å². The van der Waals surface area contributed by atoms with Crippen molar-refractivity contribution in [2.24, 2.45) is 0 Å². The Morgan fingerprint density at radius 3 is 2.21 bits per heavy atom. The quantitative estimate of drug-likeness (QED) is 0.368. The molecule has 1 N–H and O–H groups in total. The van der Waals surface area contributed by atoms with Crippen LogP contribution in [0.5, 0.6) is 0 Å². The molecule has 0 bridgehead atoms. The van der Waals surface area contributed by atoms with Crippen LogP contribution in [-0.4, -0.2) is 84.8 Å². The van der Waals surface area contributed by atoms with Crippen molar-refractivity contribution in [2.75, 3.05) is 56.2 Å². The number of hydrogen-bond acceptors (Lipinski definition) is 9. The Morgan fingerprint density at radius 1 is 0.930 bits per heavy atom. The van der Waals surface area contributed by atoms with E-state index in [4.69, 9.17) is 9.47 Å². The van der Waals surface area contributed by atoms with Gasteiger partial charge in [0.05, 0.1) is 12.2 Å². The first-order valence-electron chi connectivity index (χ1n) is 14.4. The maximum Gasteiger partial charge on any atom is 0.408 e. The predicted octanol–water partition coefficient (Wildman–Crippen LogP) is 4.13. The minimum absolute atomic E-state index is 0.142. The van der Waals surface area contributed by atoms with Gasteiger partial charge in [0.25, 0.3) is 0 Å². The van der Waals surface area contributed by atoms with Gasteiger partial charge >= 0.3 is 12.1 Å². The van der Waals surface area contributed by atoms with Gasteiger partial charge in [-0.3, -0.25) is 4.79 Å². The fraction of sp³-hybridized carbons (Fsp3) is 0.406. The number of piperazine rings is 1. The van der Waals surface area contributed by atoms with Gasteiger partial charge in [0.2, 0.25) is 11.9 Å². The smallest absolute Gasteiger partial charge is 0.408 e. The zero-order chi connectivity index (χ0) is 31.0. The highest BCUT2D eigenvalue weighted by Gasteiger charge is 2.20. The molecule has 0 unspecified atom stereocenters. The Balaban J connectivity index is 1.29. The number of amides is 2. The molecule has 43 heavy (non-hydrogen) atoms. The number of alkyl carbamates (subject to hydrolysis) is 1. The lowest BCUT2D eigenvalue weighted by molar-refractivity contribution is -0.129. The topological polar surface area (TPSA) is 117 Å². The van der Waals surface area contributed by atoms with Crippen molar-refractivity contribution in [1.29, 1.82) is 0 Å². The Bertz CT molecular complexity index is 1400. The number of carbonyl (C=O) groups excluding carboxylic acids is 3. The van der Waals surface area contributed by atoms with E-state index in [1.165, 1.54) is 0 Å². The summed E-state index contributed by atoms with van der Waals surface area (Å²) in [5.74, 6) is 0.149. The molecule has 1 aliphatic heterocycles. The minimum atomic E-state index is -0.627. The van der Waals surface area contributed by atoms with Gasteiger partial charge in [-0.1, -0.05) is 18.2 Å². The molecular formula is C32H40N6O5. The van der Waals surface area contributed by atoms with Crippen LogP contribution >= 0.6 is 0 Å². The molecule has 11 nitrogen and oxygen atoms in total. The number of aromatic nitrogens is 2. The Hall–Kier alpha value is -4.67. The second-order valence-corrected chi connectivity index (χ2v) is 11.3. The van der Waals surface area contributed by atoms with Crippen molar-refractivity contribution < 1.29 is 23.9 Å². The molecule has 4 rings (SSSR count). The Labute approximate surface area is 252 Å². The third kappa shape index (κ3) is 8.91. The number of ether oxygens (including phenoxy) is 2. The first kappa shape index (κ1) is 31.3. The van der Waals surface area contributed by atoms with E-state index in [9.17, 15) is 14.4 Å². The lowest BCUT2D eigenvalue weighted by Crippen LogP contribution is -2.47. The molecule has 2 aromatic carbocycles. The molecule has 228 valence electrons. The van der Waals surface area contributed by atoms with Crippen LogP contribution in [0.2, 0.25) is 0 Å².